The van der Waals surface area contributed by atoms with E-state index >= 15 is 0 Å². The van der Waals surface area contributed by atoms with Crippen molar-refractivity contribution in [3.8, 4) is 0 Å². The summed E-state index contributed by atoms with van der Waals surface area (Å²) in [5.41, 5.74) is 0. The van der Waals surface area contributed by atoms with Gasteiger partial charge in [0.05, 0.1) is 0 Å². The molecular weight excluding hydrogens is 230 g/mol. The van der Waals surface area contributed by atoms with Gasteiger partial charge >= 0.3 is 0 Å². The van der Waals surface area contributed by atoms with Crippen molar-refractivity contribution < 1.29 is 9.59 Å². The summed E-state index contributed by atoms with van der Waals surface area (Å²) in [6.45, 7) is 7.43. The zero-order valence-electron chi connectivity index (χ0n) is 11.4. The lowest BCUT2D eigenvalue weighted by Crippen LogP contribution is -2.49. The van der Waals surface area contributed by atoms with E-state index in [1.807, 2.05) is 4.90 Å². The van der Waals surface area contributed by atoms with Gasteiger partial charge in [-0.2, -0.15) is 0 Å². The molecule has 0 aromatic heterocycles. The molecule has 2 amide bonds. The second-order valence-electron chi connectivity index (χ2n) is 4.75. The van der Waals surface area contributed by atoms with Crippen LogP contribution in [0.1, 0.15) is 32.6 Å². The van der Waals surface area contributed by atoms with Crippen molar-refractivity contribution in [1.29, 1.82) is 0 Å². The van der Waals surface area contributed by atoms with Crippen LogP contribution in [0.4, 0.5) is 0 Å². The topological polar surface area (TPSA) is 52.6 Å². The number of amides is 2. The summed E-state index contributed by atoms with van der Waals surface area (Å²) in [4.78, 5) is 26.2. The maximum atomic E-state index is 11.8. The molecule has 5 nitrogen and oxygen atoms in total. The summed E-state index contributed by atoms with van der Waals surface area (Å²) in [7, 11) is 0. The van der Waals surface area contributed by atoms with Gasteiger partial charge in [-0.15, -0.1) is 0 Å². The number of piperazine rings is 1. The number of hydrogen-bond acceptors (Lipinski definition) is 3. The van der Waals surface area contributed by atoms with Gasteiger partial charge in [-0.3, -0.25) is 14.5 Å². The molecule has 1 rings (SSSR count). The highest BCUT2D eigenvalue weighted by Gasteiger charge is 2.19. The quantitative estimate of drug-likeness (QED) is 0.506. The van der Waals surface area contributed by atoms with E-state index in [-0.39, 0.29) is 5.91 Å². The first kappa shape index (κ1) is 15.0. The van der Waals surface area contributed by atoms with Crippen LogP contribution in [0.5, 0.6) is 0 Å². The third kappa shape index (κ3) is 5.49. The predicted octanol–water partition coefficient (Wildman–Crippen LogP) is 0.457. The molecule has 1 aliphatic heterocycles. The first-order chi connectivity index (χ1) is 8.77. The summed E-state index contributed by atoms with van der Waals surface area (Å²) in [5.74, 6) is 0.151. The number of nitrogens with zero attached hydrogens (tertiary/aromatic N) is 2. The van der Waals surface area contributed by atoms with Crippen LogP contribution < -0.4 is 5.32 Å². The number of unbranched alkanes of at least 4 members (excludes halogenated alkanes) is 2. The first-order valence-corrected chi connectivity index (χ1v) is 6.95. The van der Waals surface area contributed by atoms with Gasteiger partial charge in [0.25, 0.3) is 0 Å². The Balaban J connectivity index is 2.14. The van der Waals surface area contributed by atoms with Crippen molar-refractivity contribution in [2.75, 3.05) is 39.3 Å². The Kier molecular flexibility index (Phi) is 7.41. The maximum Gasteiger partial charge on any atom is 0.224 e. The SMILES string of the molecule is CCCCCN1CCN(C(=O)CCNC=O)CC1. The van der Waals surface area contributed by atoms with Crippen molar-refractivity contribution in [1.82, 2.24) is 15.1 Å². The van der Waals surface area contributed by atoms with E-state index in [2.05, 4.69) is 17.1 Å². The van der Waals surface area contributed by atoms with Crippen molar-refractivity contribution >= 4 is 12.3 Å². The molecule has 0 radical (unpaired) electrons. The van der Waals surface area contributed by atoms with Crippen LogP contribution in [0.15, 0.2) is 0 Å². The molecule has 1 aliphatic rings. The van der Waals surface area contributed by atoms with Crippen LogP contribution in [-0.4, -0.2) is 61.4 Å². The Labute approximate surface area is 110 Å². The zero-order chi connectivity index (χ0) is 13.2. The lowest BCUT2D eigenvalue weighted by molar-refractivity contribution is -0.132. The van der Waals surface area contributed by atoms with Crippen LogP contribution in [-0.2, 0) is 9.59 Å². The fraction of sp³-hybridized carbons (Fsp3) is 0.846. The lowest BCUT2D eigenvalue weighted by atomic mass is 10.2. The highest BCUT2D eigenvalue weighted by Crippen LogP contribution is 2.05. The molecule has 1 heterocycles. The average molecular weight is 255 g/mol. The van der Waals surface area contributed by atoms with Crippen LogP contribution in [0.3, 0.4) is 0 Å². The number of carbonyl (C=O) groups is 2. The molecule has 0 saturated carbocycles. The van der Waals surface area contributed by atoms with E-state index in [1.165, 1.54) is 19.3 Å². The molecule has 0 aromatic carbocycles. The van der Waals surface area contributed by atoms with Gasteiger partial charge in [-0.05, 0) is 13.0 Å². The average Bonchev–Trinajstić information content (AvgIpc) is 2.40. The van der Waals surface area contributed by atoms with Gasteiger partial charge in [0.2, 0.25) is 12.3 Å². The van der Waals surface area contributed by atoms with E-state index in [4.69, 9.17) is 0 Å². The number of nitrogens with one attached hydrogen (secondary N) is 1. The first-order valence-electron chi connectivity index (χ1n) is 6.95. The van der Waals surface area contributed by atoms with Gasteiger partial charge < -0.3 is 10.2 Å². The van der Waals surface area contributed by atoms with Crippen LogP contribution in [0.25, 0.3) is 0 Å². The molecule has 104 valence electrons. The Morgan fingerprint density at radius 3 is 2.56 bits per heavy atom. The fourth-order valence-electron chi connectivity index (χ4n) is 2.20. The van der Waals surface area contributed by atoms with Crippen molar-refractivity contribution in [3.63, 3.8) is 0 Å². The number of carbonyl (C=O) groups excluding carboxylic acids is 2. The monoisotopic (exact) mass is 255 g/mol. The maximum absolute atomic E-state index is 11.8. The molecule has 0 aliphatic carbocycles. The van der Waals surface area contributed by atoms with Crippen LogP contribution >= 0.6 is 0 Å². The molecule has 0 unspecified atom stereocenters. The Morgan fingerprint density at radius 1 is 1.22 bits per heavy atom. The molecule has 0 aromatic rings. The summed E-state index contributed by atoms with van der Waals surface area (Å²) in [6.07, 6.45) is 4.85. The van der Waals surface area contributed by atoms with E-state index in [0.717, 1.165) is 32.7 Å². The van der Waals surface area contributed by atoms with Crippen molar-refractivity contribution in [2.45, 2.75) is 32.6 Å². The summed E-state index contributed by atoms with van der Waals surface area (Å²) < 4.78 is 0. The molecule has 5 heteroatoms. The van der Waals surface area contributed by atoms with Crippen LogP contribution in [0.2, 0.25) is 0 Å². The van der Waals surface area contributed by atoms with Crippen molar-refractivity contribution in [3.05, 3.63) is 0 Å². The highest BCUT2D eigenvalue weighted by atomic mass is 16.2. The van der Waals surface area contributed by atoms with Crippen molar-refractivity contribution in [2.24, 2.45) is 0 Å². The van der Waals surface area contributed by atoms with E-state index < -0.39 is 0 Å². The Morgan fingerprint density at radius 2 is 1.94 bits per heavy atom. The van der Waals surface area contributed by atoms with Gasteiger partial charge in [0.15, 0.2) is 0 Å². The third-order valence-electron chi connectivity index (χ3n) is 3.37. The molecular formula is C13H25N3O2. The minimum atomic E-state index is 0.151. The molecule has 1 fully saturated rings. The van der Waals surface area contributed by atoms with E-state index in [1.54, 1.807) is 0 Å². The zero-order valence-corrected chi connectivity index (χ0v) is 11.4. The number of hydrogen-bond donors (Lipinski definition) is 1. The molecule has 0 spiro atoms. The van der Waals surface area contributed by atoms with Gasteiger partial charge in [0, 0.05) is 39.1 Å². The molecule has 0 bridgehead atoms. The second kappa shape index (κ2) is 8.91. The summed E-state index contributed by atoms with van der Waals surface area (Å²) in [6, 6.07) is 0. The number of rotatable bonds is 8. The summed E-state index contributed by atoms with van der Waals surface area (Å²) >= 11 is 0. The summed E-state index contributed by atoms with van der Waals surface area (Å²) in [5, 5.41) is 2.52. The Bertz CT molecular complexity index is 251. The minimum Gasteiger partial charge on any atom is -0.358 e. The van der Waals surface area contributed by atoms with Gasteiger partial charge in [0.1, 0.15) is 0 Å². The van der Waals surface area contributed by atoms with E-state index in [0.29, 0.717) is 19.4 Å². The minimum absolute atomic E-state index is 0.151. The normalized spacial score (nSPS) is 16.6. The van der Waals surface area contributed by atoms with E-state index in [9.17, 15) is 9.59 Å². The molecule has 0 atom stereocenters. The standard InChI is InChI=1S/C13H25N3O2/c1-2-3-4-7-15-8-10-16(11-9-15)13(18)5-6-14-12-17/h12H,2-11H2,1H3,(H,14,17). The smallest absolute Gasteiger partial charge is 0.224 e. The lowest BCUT2D eigenvalue weighted by Gasteiger charge is -2.34. The largest absolute Gasteiger partial charge is 0.358 e. The molecule has 18 heavy (non-hydrogen) atoms. The van der Waals surface area contributed by atoms with Gasteiger partial charge in [-0.1, -0.05) is 19.8 Å². The second-order valence-corrected chi connectivity index (χ2v) is 4.75. The fourth-order valence-corrected chi connectivity index (χ4v) is 2.20. The third-order valence-corrected chi connectivity index (χ3v) is 3.37. The molecule has 1 saturated heterocycles. The Hall–Kier alpha value is -1.10. The highest BCUT2D eigenvalue weighted by molar-refractivity contribution is 5.76. The molecule has 1 N–H and O–H groups in total. The van der Waals surface area contributed by atoms with Gasteiger partial charge in [-0.25, -0.2) is 0 Å². The predicted molar refractivity (Wildman–Crippen MR) is 71.2 cm³/mol. The van der Waals surface area contributed by atoms with Crippen LogP contribution in [0, 0.1) is 0 Å².